The highest BCUT2D eigenvalue weighted by Gasteiger charge is 2.28. The number of rotatable bonds is 0. The lowest BCUT2D eigenvalue weighted by Crippen LogP contribution is -2.48. The number of piperazine rings is 1. The smallest absolute Gasteiger partial charge is 0.0224 e. The summed E-state index contributed by atoms with van der Waals surface area (Å²) in [5, 5.41) is 0. The van der Waals surface area contributed by atoms with Gasteiger partial charge in [-0.15, -0.1) is 0 Å². The van der Waals surface area contributed by atoms with E-state index in [1.807, 2.05) is 0 Å². The van der Waals surface area contributed by atoms with Crippen molar-refractivity contribution in [2.75, 3.05) is 33.2 Å². The van der Waals surface area contributed by atoms with Crippen LogP contribution in [-0.4, -0.2) is 49.1 Å². The van der Waals surface area contributed by atoms with Crippen LogP contribution in [0.2, 0.25) is 0 Å². The summed E-state index contributed by atoms with van der Waals surface area (Å²) in [5.74, 6) is 0. The average Bonchev–Trinajstić information content (AvgIpc) is 2.33. The van der Waals surface area contributed by atoms with E-state index in [-0.39, 0.29) is 0 Å². The molecule has 0 bridgehead atoms. The van der Waals surface area contributed by atoms with Crippen LogP contribution in [0.25, 0.3) is 0 Å². The van der Waals surface area contributed by atoms with Crippen molar-refractivity contribution < 1.29 is 0 Å². The number of nitrogens with zero attached hydrogens (tertiary/aromatic N) is 2. The van der Waals surface area contributed by atoms with E-state index >= 15 is 0 Å². The van der Waals surface area contributed by atoms with Crippen LogP contribution in [0.4, 0.5) is 0 Å². The minimum absolute atomic E-state index is 0.902. The number of hydrogen-bond donors (Lipinski definition) is 0. The van der Waals surface area contributed by atoms with Gasteiger partial charge in [-0.25, -0.2) is 0 Å². The molecule has 0 aromatic heterocycles. The Hall–Kier alpha value is -0.0800. The molecule has 2 fully saturated rings. The van der Waals surface area contributed by atoms with Gasteiger partial charge in [-0.2, -0.15) is 0 Å². The zero-order valence-corrected chi connectivity index (χ0v) is 6.71. The normalized spacial score (nSPS) is 36.3. The van der Waals surface area contributed by atoms with Gasteiger partial charge in [-0.3, -0.25) is 4.90 Å². The van der Waals surface area contributed by atoms with Gasteiger partial charge in [-0.1, -0.05) is 0 Å². The molecule has 0 aromatic carbocycles. The summed E-state index contributed by atoms with van der Waals surface area (Å²) in [7, 11) is 2.23. The first-order valence-electron chi connectivity index (χ1n) is 4.29. The van der Waals surface area contributed by atoms with E-state index in [1.54, 1.807) is 0 Å². The topological polar surface area (TPSA) is 6.48 Å². The van der Waals surface area contributed by atoms with Gasteiger partial charge in [0.1, 0.15) is 0 Å². The summed E-state index contributed by atoms with van der Waals surface area (Å²) in [5.41, 5.74) is 0. The highest BCUT2D eigenvalue weighted by molar-refractivity contribution is 4.85. The lowest BCUT2D eigenvalue weighted by atomic mass is 10.2. The maximum atomic E-state index is 2.64. The van der Waals surface area contributed by atoms with Crippen LogP contribution in [0.3, 0.4) is 0 Å². The first-order chi connectivity index (χ1) is 4.86. The molecule has 1 atom stereocenters. The lowest BCUT2D eigenvalue weighted by molar-refractivity contribution is 0.124. The van der Waals surface area contributed by atoms with Crippen molar-refractivity contribution in [1.82, 2.24) is 9.80 Å². The van der Waals surface area contributed by atoms with Crippen LogP contribution in [0.15, 0.2) is 0 Å². The molecular weight excluding hydrogens is 124 g/mol. The highest BCUT2D eigenvalue weighted by Crippen LogP contribution is 2.20. The summed E-state index contributed by atoms with van der Waals surface area (Å²) in [6, 6.07) is 0.902. The summed E-state index contributed by atoms with van der Waals surface area (Å²) in [6.07, 6.45) is 2.86. The SMILES string of the molecule is CN1CCN2CCCC2C1. The summed E-state index contributed by atoms with van der Waals surface area (Å²) in [6.45, 7) is 5.25. The lowest BCUT2D eigenvalue weighted by Gasteiger charge is -2.35. The Balaban J connectivity index is 1.96. The fourth-order valence-electron chi connectivity index (χ4n) is 2.15. The average molecular weight is 140 g/mol. The first-order valence-corrected chi connectivity index (χ1v) is 4.29. The first kappa shape index (κ1) is 6.62. The third-order valence-corrected chi connectivity index (χ3v) is 2.79. The Morgan fingerprint density at radius 2 is 2.10 bits per heavy atom. The monoisotopic (exact) mass is 140 g/mol. The largest absolute Gasteiger partial charge is 0.304 e. The zero-order valence-electron chi connectivity index (χ0n) is 6.71. The molecule has 10 heavy (non-hydrogen) atoms. The van der Waals surface area contributed by atoms with Gasteiger partial charge < -0.3 is 4.90 Å². The van der Waals surface area contributed by atoms with Crippen LogP contribution in [0.1, 0.15) is 12.8 Å². The molecular formula is C8H16N2. The molecule has 2 heterocycles. The second kappa shape index (κ2) is 2.51. The second-order valence-electron chi connectivity index (χ2n) is 3.59. The fraction of sp³-hybridized carbons (Fsp3) is 1.00. The summed E-state index contributed by atoms with van der Waals surface area (Å²) >= 11 is 0. The molecule has 2 rings (SSSR count). The van der Waals surface area contributed by atoms with Crippen molar-refractivity contribution in [1.29, 1.82) is 0 Å². The van der Waals surface area contributed by atoms with Crippen molar-refractivity contribution in [3.05, 3.63) is 0 Å². The van der Waals surface area contributed by atoms with Crippen molar-refractivity contribution in [3.63, 3.8) is 0 Å². The van der Waals surface area contributed by atoms with E-state index in [9.17, 15) is 0 Å². The molecule has 0 aromatic rings. The molecule has 2 aliphatic rings. The third-order valence-electron chi connectivity index (χ3n) is 2.79. The predicted octanol–water partition coefficient (Wildman–Crippen LogP) is 0.396. The Bertz CT molecular complexity index is 124. The van der Waals surface area contributed by atoms with Gasteiger partial charge in [-0.05, 0) is 26.4 Å². The Morgan fingerprint density at radius 1 is 1.20 bits per heavy atom. The predicted molar refractivity (Wildman–Crippen MR) is 42.1 cm³/mol. The van der Waals surface area contributed by atoms with Gasteiger partial charge in [0.25, 0.3) is 0 Å². The van der Waals surface area contributed by atoms with Crippen LogP contribution >= 0.6 is 0 Å². The zero-order chi connectivity index (χ0) is 6.97. The molecule has 0 radical (unpaired) electrons. The number of hydrogen-bond acceptors (Lipinski definition) is 2. The van der Waals surface area contributed by atoms with Gasteiger partial charge >= 0.3 is 0 Å². The van der Waals surface area contributed by atoms with E-state index in [2.05, 4.69) is 16.8 Å². The second-order valence-corrected chi connectivity index (χ2v) is 3.59. The fourth-order valence-corrected chi connectivity index (χ4v) is 2.15. The molecule has 2 saturated heterocycles. The summed E-state index contributed by atoms with van der Waals surface area (Å²) < 4.78 is 0. The van der Waals surface area contributed by atoms with E-state index in [1.165, 1.54) is 39.0 Å². The van der Waals surface area contributed by atoms with Crippen LogP contribution in [0.5, 0.6) is 0 Å². The van der Waals surface area contributed by atoms with E-state index in [0.717, 1.165) is 6.04 Å². The number of fused-ring (bicyclic) bond motifs is 1. The Labute approximate surface area is 62.8 Å². The minimum Gasteiger partial charge on any atom is -0.304 e. The van der Waals surface area contributed by atoms with Crippen molar-refractivity contribution in [3.8, 4) is 0 Å². The van der Waals surface area contributed by atoms with Crippen molar-refractivity contribution in [2.45, 2.75) is 18.9 Å². The summed E-state index contributed by atoms with van der Waals surface area (Å²) in [4.78, 5) is 5.09. The molecule has 0 amide bonds. The number of likely N-dealkylation sites (N-methyl/N-ethyl adjacent to an activating group) is 1. The van der Waals surface area contributed by atoms with Crippen LogP contribution < -0.4 is 0 Å². The Kier molecular flexibility index (Phi) is 1.66. The highest BCUT2D eigenvalue weighted by atomic mass is 15.3. The van der Waals surface area contributed by atoms with Gasteiger partial charge in [0.15, 0.2) is 0 Å². The molecule has 0 saturated carbocycles. The van der Waals surface area contributed by atoms with Crippen LogP contribution in [-0.2, 0) is 0 Å². The molecule has 2 nitrogen and oxygen atoms in total. The third kappa shape index (κ3) is 1.06. The maximum Gasteiger partial charge on any atom is 0.0224 e. The van der Waals surface area contributed by atoms with Crippen molar-refractivity contribution >= 4 is 0 Å². The van der Waals surface area contributed by atoms with Gasteiger partial charge in [0, 0.05) is 25.7 Å². The van der Waals surface area contributed by atoms with E-state index in [0.29, 0.717) is 0 Å². The van der Waals surface area contributed by atoms with E-state index in [4.69, 9.17) is 0 Å². The quantitative estimate of drug-likeness (QED) is 0.480. The standard InChI is InChI=1S/C8H16N2/c1-9-5-6-10-4-2-3-8(10)7-9/h8H,2-7H2,1H3. The maximum absolute atomic E-state index is 2.64. The van der Waals surface area contributed by atoms with Crippen molar-refractivity contribution in [2.24, 2.45) is 0 Å². The van der Waals surface area contributed by atoms with Gasteiger partial charge in [0.05, 0.1) is 0 Å². The molecule has 2 heteroatoms. The van der Waals surface area contributed by atoms with Crippen LogP contribution in [0, 0.1) is 0 Å². The molecule has 0 aliphatic carbocycles. The van der Waals surface area contributed by atoms with E-state index < -0.39 is 0 Å². The van der Waals surface area contributed by atoms with Gasteiger partial charge in [0.2, 0.25) is 0 Å². The minimum atomic E-state index is 0.902. The Morgan fingerprint density at radius 3 is 3.00 bits per heavy atom. The molecule has 58 valence electrons. The molecule has 1 unspecified atom stereocenters. The molecule has 0 N–H and O–H groups in total. The molecule has 2 aliphatic heterocycles. The molecule has 0 spiro atoms.